The average Bonchev–Trinajstić information content (AvgIpc) is 3.13. The van der Waals surface area contributed by atoms with Gasteiger partial charge in [0.2, 0.25) is 5.91 Å². The summed E-state index contributed by atoms with van der Waals surface area (Å²) in [6.07, 6.45) is 7.57. The van der Waals surface area contributed by atoms with Gasteiger partial charge >= 0.3 is 0 Å². The van der Waals surface area contributed by atoms with Gasteiger partial charge in [-0.25, -0.2) is 0 Å². The van der Waals surface area contributed by atoms with Gasteiger partial charge in [0.1, 0.15) is 0 Å². The van der Waals surface area contributed by atoms with Crippen LogP contribution in [-0.2, 0) is 11.2 Å². The Morgan fingerprint density at radius 1 is 1.30 bits per heavy atom. The molecule has 2 aromatic rings. The van der Waals surface area contributed by atoms with Gasteiger partial charge < -0.3 is 9.88 Å². The van der Waals surface area contributed by atoms with Crippen LogP contribution in [0.2, 0.25) is 0 Å². The molecule has 0 spiro atoms. The molecule has 3 rings (SSSR count). The van der Waals surface area contributed by atoms with E-state index in [0.717, 1.165) is 25.8 Å². The van der Waals surface area contributed by atoms with Crippen molar-refractivity contribution < 1.29 is 4.79 Å². The Balaban J connectivity index is 1.62. The van der Waals surface area contributed by atoms with Crippen molar-refractivity contribution in [1.29, 1.82) is 0 Å². The summed E-state index contributed by atoms with van der Waals surface area (Å²) >= 11 is 0. The SMILES string of the molecule is CN(CCc1c[nH]c2ccccc12)C(=O)C1CCCC1. The second-order valence-electron chi connectivity index (χ2n) is 5.85. The van der Waals surface area contributed by atoms with Crippen molar-refractivity contribution in [2.75, 3.05) is 13.6 Å². The molecule has 1 aliphatic carbocycles. The molecule has 1 aromatic heterocycles. The highest BCUT2D eigenvalue weighted by atomic mass is 16.2. The molecule has 0 saturated heterocycles. The molecule has 1 amide bonds. The first-order valence-electron chi connectivity index (χ1n) is 7.55. The Morgan fingerprint density at radius 2 is 2.05 bits per heavy atom. The number of aromatic nitrogens is 1. The number of para-hydroxylation sites is 1. The summed E-state index contributed by atoms with van der Waals surface area (Å²) < 4.78 is 0. The van der Waals surface area contributed by atoms with Crippen LogP contribution in [0.4, 0.5) is 0 Å². The number of carbonyl (C=O) groups excluding carboxylic acids is 1. The molecule has 3 heteroatoms. The van der Waals surface area contributed by atoms with Gasteiger partial charge in [-0.3, -0.25) is 4.79 Å². The predicted octanol–water partition coefficient (Wildman–Crippen LogP) is 3.36. The zero-order valence-corrected chi connectivity index (χ0v) is 12.1. The van der Waals surface area contributed by atoms with E-state index in [1.54, 1.807) is 0 Å². The predicted molar refractivity (Wildman–Crippen MR) is 81.6 cm³/mol. The molecule has 1 heterocycles. The Morgan fingerprint density at radius 3 is 2.85 bits per heavy atom. The lowest BCUT2D eigenvalue weighted by Gasteiger charge is -2.20. The van der Waals surface area contributed by atoms with Gasteiger partial charge in [0.25, 0.3) is 0 Å². The summed E-state index contributed by atoms with van der Waals surface area (Å²) in [5.41, 5.74) is 2.47. The van der Waals surface area contributed by atoms with Crippen LogP contribution in [-0.4, -0.2) is 29.4 Å². The summed E-state index contributed by atoms with van der Waals surface area (Å²) in [6.45, 7) is 0.803. The molecular weight excluding hydrogens is 248 g/mol. The minimum absolute atomic E-state index is 0.281. The number of hydrogen-bond donors (Lipinski definition) is 1. The van der Waals surface area contributed by atoms with E-state index < -0.39 is 0 Å². The molecule has 0 radical (unpaired) electrons. The number of likely N-dealkylation sites (N-methyl/N-ethyl adjacent to an activating group) is 1. The minimum Gasteiger partial charge on any atom is -0.361 e. The van der Waals surface area contributed by atoms with Crippen molar-refractivity contribution in [1.82, 2.24) is 9.88 Å². The maximum Gasteiger partial charge on any atom is 0.225 e. The monoisotopic (exact) mass is 270 g/mol. The molecule has 1 N–H and O–H groups in total. The quantitative estimate of drug-likeness (QED) is 0.908. The van der Waals surface area contributed by atoms with Crippen molar-refractivity contribution in [2.45, 2.75) is 32.1 Å². The van der Waals surface area contributed by atoms with Crippen LogP contribution in [0.5, 0.6) is 0 Å². The number of benzene rings is 1. The van der Waals surface area contributed by atoms with Crippen LogP contribution in [0, 0.1) is 5.92 Å². The highest BCUT2D eigenvalue weighted by Crippen LogP contribution is 2.26. The zero-order valence-electron chi connectivity index (χ0n) is 12.1. The van der Waals surface area contributed by atoms with Crippen molar-refractivity contribution in [2.24, 2.45) is 5.92 Å². The summed E-state index contributed by atoms with van der Waals surface area (Å²) in [4.78, 5) is 17.5. The molecule has 106 valence electrons. The van der Waals surface area contributed by atoms with Crippen LogP contribution >= 0.6 is 0 Å². The van der Waals surface area contributed by atoms with Gasteiger partial charge in [-0.15, -0.1) is 0 Å². The summed E-state index contributed by atoms with van der Waals surface area (Å²) in [7, 11) is 1.94. The highest BCUT2D eigenvalue weighted by Gasteiger charge is 2.25. The van der Waals surface area contributed by atoms with Gasteiger partial charge in [-0.05, 0) is 30.9 Å². The lowest BCUT2D eigenvalue weighted by Crippen LogP contribution is -2.33. The summed E-state index contributed by atoms with van der Waals surface area (Å²) in [5, 5.41) is 1.27. The molecule has 0 aliphatic heterocycles. The molecule has 0 bridgehead atoms. The van der Waals surface area contributed by atoms with E-state index >= 15 is 0 Å². The Labute approximate surface area is 120 Å². The maximum absolute atomic E-state index is 12.3. The number of fused-ring (bicyclic) bond motifs is 1. The normalized spacial score (nSPS) is 15.8. The number of nitrogens with one attached hydrogen (secondary N) is 1. The van der Waals surface area contributed by atoms with Gasteiger partial charge in [-0.2, -0.15) is 0 Å². The molecule has 20 heavy (non-hydrogen) atoms. The van der Waals surface area contributed by atoms with Crippen molar-refractivity contribution >= 4 is 16.8 Å². The number of rotatable bonds is 4. The van der Waals surface area contributed by atoms with Gasteiger partial charge in [0.15, 0.2) is 0 Å². The topological polar surface area (TPSA) is 36.1 Å². The molecule has 1 aliphatic rings. The van der Waals surface area contributed by atoms with Crippen LogP contribution in [0.15, 0.2) is 30.5 Å². The third-order valence-corrected chi connectivity index (χ3v) is 4.47. The fourth-order valence-electron chi connectivity index (χ4n) is 3.22. The number of nitrogens with zero attached hydrogens (tertiary/aromatic N) is 1. The van der Waals surface area contributed by atoms with Crippen LogP contribution < -0.4 is 0 Å². The molecule has 1 aromatic carbocycles. The van der Waals surface area contributed by atoms with Gasteiger partial charge in [0.05, 0.1) is 0 Å². The van der Waals surface area contributed by atoms with Crippen LogP contribution in [0.3, 0.4) is 0 Å². The number of aromatic amines is 1. The molecule has 0 unspecified atom stereocenters. The van der Waals surface area contributed by atoms with Crippen molar-refractivity contribution in [3.05, 3.63) is 36.0 Å². The van der Waals surface area contributed by atoms with Gasteiger partial charge in [-0.1, -0.05) is 31.0 Å². The van der Waals surface area contributed by atoms with E-state index in [4.69, 9.17) is 0 Å². The van der Waals surface area contributed by atoms with Crippen LogP contribution in [0.25, 0.3) is 10.9 Å². The molecule has 1 saturated carbocycles. The van der Waals surface area contributed by atoms with Crippen molar-refractivity contribution in [3.63, 3.8) is 0 Å². The first kappa shape index (κ1) is 13.2. The summed E-state index contributed by atoms with van der Waals surface area (Å²) in [5.74, 6) is 0.616. The fraction of sp³-hybridized carbons (Fsp3) is 0.471. The maximum atomic E-state index is 12.3. The minimum atomic E-state index is 0.281. The van der Waals surface area contributed by atoms with E-state index in [1.807, 2.05) is 18.0 Å². The third kappa shape index (κ3) is 2.58. The van der Waals surface area contributed by atoms with Crippen LogP contribution in [0.1, 0.15) is 31.2 Å². The lowest BCUT2D eigenvalue weighted by atomic mass is 10.1. The third-order valence-electron chi connectivity index (χ3n) is 4.47. The largest absolute Gasteiger partial charge is 0.361 e. The fourth-order valence-corrected chi connectivity index (χ4v) is 3.22. The second-order valence-corrected chi connectivity index (χ2v) is 5.85. The van der Waals surface area contributed by atoms with E-state index in [9.17, 15) is 4.79 Å². The number of carbonyl (C=O) groups is 1. The van der Waals surface area contributed by atoms with Gasteiger partial charge in [0, 0.05) is 36.6 Å². The number of amides is 1. The van der Waals surface area contributed by atoms with Crippen molar-refractivity contribution in [3.8, 4) is 0 Å². The first-order chi connectivity index (χ1) is 9.75. The molecule has 3 nitrogen and oxygen atoms in total. The number of H-pyrrole nitrogens is 1. The van der Waals surface area contributed by atoms with E-state index in [-0.39, 0.29) is 5.92 Å². The number of hydrogen-bond acceptors (Lipinski definition) is 1. The standard InChI is InChI=1S/C17H22N2O/c1-19(17(20)13-6-2-3-7-13)11-10-14-12-18-16-9-5-4-8-15(14)16/h4-5,8-9,12-13,18H,2-3,6-7,10-11H2,1H3. The van der Waals surface area contributed by atoms with E-state index in [0.29, 0.717) is 5.91 Å². The summed E-state index contributed by atoms with van der Waals surface area (Å²) in [6, 6.07) is 8.33. The van der Waals surface area contributed by atoms with E-state index in [2.05, 4.69) is 29.4 Å². The Bertz CT molecular complexity index is 596. The Hall–Kier alpha value is -1.77. The molecule has 0 atom stereocenters. The zero-order chi connectivity index (χ0) is 13.9. The lowest BCUT2D eigenvalue weighted by molar-refractivity contribution is -0.133. The Kier molecular flexibility index (Phi) is 3.77. The first-order valence-corrected chi connectivity index (χ1v) is 7.55. The smallest absolute Gasteiger partial charge is 0.225 e. The second kappa shape index (κ2) is 5.70. The molecular formula is C17H22N2O. The highest BCUT2D eigenvalue weighted by molar-refractivity contribution is 5.83. The van der Waals surface area contributed by atoms with E-state index in [1.165, 1.54) is 29.3 Å². The average molecular weight is 270 g/mol. The molecule has 1 fully saturated rings.